The van der Waals surface area contributed by atoms with E-state index in [0.29, 0.717) is 66.0 Å². The highest BCUT2D eigenvalue weighted by atomic mass is 16.7. The molecule has 6 saturated carbocycles. The van der Waals surface area contributed by atoms with Gasteiger partial charge in [0.15, 0.2) is 26.8 Å². The van der Waals surface area contributed by atoms with Gasteiger partial charge in [0.2, 0.25) is 0 Å². The Hall–Kier alpha value is -7.02. The van der Waals surface area contributed by atoms with E-state index in [4.69, 9.17) is 28.4 Å². The van der Waals surface area contributed by atoms with Crippen LogP contribution in [0, 0.1) is 39.5 Å². The van der Waals surface area contributed by atoms with Gasteiger partial charge in [0.1, 0.15) is 34.5 Å². The average molecular weight is 1350 g/mol. The zero-order valence-electron chi connectivity index (χ0n) is 59.9. The van der Waals surface area contributed by atoms with Crippen molar-refractivity contribution in [3.63, 3.8) is 0 Å². The highest BCUT2D eigenvalue weighted by molar-refractivity contribution is 5.72. The van der Waals surface area contributed by atoms with Gasteiger partial charge in [-0.05, 0) is 261 Å². The predicted molar refractivity (Wildman–Crippen MR) is 390 cm³/mol. The maximum Gasteiger partial charge on any atom is 0.346 e. The Kier molecular flexibility index (Phi) is 25.1. The van der Waals surface area contributed by atoms with Crippen LogP contribution in [-0.4, -0.2) is 72.4 Å². The lowest BCUT2D eigenvalue weighted by atomic mass is 9.75. The van der Waals surface area contributed by atoms with Crippen molar-refractivity contribution in [3.05, 3.63) is 174 Å². The van der Waals surface area contributed by atoms with Crippen molar-refractivity contribution in [1.29, 1.82) is 0 Å². The third kappa shape index (κ3) is 18.2. The van der Waals surface area contributed by atoms with Gasteiger partial charge in [-0.2, -0.15) is 0 Å². The fourth-order valence-corrected chi connectivity index (χ4v) is 18.2. The number of carbonyl (C=O) groups excluding carboxylic acids is 2. The predicted octanol–water partition coefficient (Wildman–Crippen LogP) is 20.8. The second-order valence-corrected chi connectivity index (χ2v) is 30.8. The van der Waals surface area contributed by atoms with E-state index in [1.807, 2.05) is 36.4 Å². The number of phenols is 4. The molecule has 12 nitrogen and oxygen atoms in total. The van der Waals surface area contributed by atoms with Gasteiger partial charge in [-0.3, -0.25) is 0 Å². The Balaban J connectivity index is 0.984. The molecular weight excluding hydrogens is 1240 g/mol. The lowest BCUT2D eigenvalue weighted by Gasteiger charge is -2.30. The minimum atomic E-state index is -0.531. The Morgan fingerprint density at radius 3 is 0.909 bits per heavy atom. The Labute approximate surface area is 589 Å². The molecule has 0 aliphatic heterocycles. The number of esters is 2. The molecule has 532 valence electrons. The standard InChI is InChI=1S/C87H112O12/c1-56-39-78(88)72(64-27-15-7-16-28-64)46-68(56)86(69-47-73(79(89)40-57(69)2)65-29-17-8-18-30-65)76-44-62(35-37-82(76)96-52-84(92)98-54-94-50-60-23-11-5-12-24-60)43-63-36-38-83(97-53-85(93)99-55-95-51-61-25-13-6-14-26-61)77(45-63)87(70-48-74(80(90)41-58(70)3)66-31-19-9-20-32-66)71-49-75(81(91)42-59(71)4)67-33-21-10-22-34-67/h35-42,44-49,60-61,64-67,86-91H,5-34,43,50-55H2,1-4H3. The molecule has 0 bridgehead atoms. The third-order valence-corrected chi connectivity index (χ3v) is 23.7. The van der Waals surface area contributed by atoms with Crippen LogP contribution in [0.2, 0.25) is 0 Å². The van der Waals surface area contributed by atoms with Crippen molar-refractivity contribution in [2.24, 2.45) is 11.8 Å². The van der Waals surface area contributed by atoms with Gasteiger partial charge in [0.05, 0.1) is 13.2 Å². The lowest BCUT2D eigenvalue weighted by molar-refractivity contribution is -0.160. The number of aryl methyl sites for hydroxylation is 4. The molecule has 0 spiro atoms. The van der Waals surface area contributed by atoms with Crippen molar-refractivity contribution in [2.75, 3.05) is 40.0 Å². The largest absolute Gasteiger partial charge is 0.508 e. The first kappa shape index (κ1) is 71.8. The highest BCUT2D eigenvalue weighted by Gasteiger charge is 2.34. The molecule has 99 heavy (non-hydrogen) atoms. The van der Waals surface area contributed by atoms with E-state index in [2.05, 4.69) is 76.2 Å². The maximum absolute atomic E-state index is 13.9. The summed E-state index contributed by atoms with van der Waals surface area (Å²) in [6.45, 7) is 8.45. The van der Waals surface area contributed by atoms with Crippen LogP contribution in [0.5, 0.6) is 34.5 Å². The number of rotatable bonds is 26. The van der Waals surface area contributed by atoms with Gasteiger partial charge >= 0.3 is 11.9 Å². The SMILES string of the molecule is Cc1cc(O)c(C2CCCCC2)cc1C(c1cc(C2CCCCC2)c(O)cc1C)c1cc(Cc2ccc(OCC(=O)OCOCC3CCCCC3)c(C(c3cc(C4CCCCC4)c(O)cc3C)c3cc(C4CCCCC4)c(O)cc3C)c2)ccc1OCC(=O)OCOCC1CCCCC1. The molecule has 12 heteroatoms. The van der Waals surface area contributed by atoms with E-state index in [9.17, 15) is 30.0 Å². The van der Waals surface area contributed by atoms with Crippen LogP contribution in [0.1, 0.15) is 317 Å². The molecule has 4 N–H and O–H groups in total. The second kappa shape index (κ2) is 34.6. The van der Waals surface area contributed by atoms with Gasteiger partial charge < -0.3 is 48.8 Å². The highest BCUT2D eigenvalue weighted by Crippen LogP contribution is 2.51. The van der Waals surface area contributed by atoms with Crippen LogP contribution < -0.4 is 9.47 Å². The molecule has 0 atom stereocenters. The van der Waals surface area contributed by atoms with Crippen LogP contribution in [0.4, 0.5) is 0 Å². The second-order valence-electron chi connectivity index (χ2n) is 30.8. The summed E-state index contributed by atoms with van der Waals surface area (Å²) in [6, 6.07) is 29.3. The molecule has 6 aliphatic carbocycles. The Bertz CT molecular complexity index is 3290. The first-order valence-corrected chi connectivity index (χ1v) is 38.5. The van der Waals surface area contributed by atoms with Crippen molar-refractivity contribution in [1.82, 2.24) is 0 Å². The molecule has 0 aromatic heterocycles. The molecule has 6 aliphatic rings. The molecule has 0 heterocycles. The lowest BCUT2D eigenvalue weighted by Crippen LogP contribution is -2.20. The van der Waals surface area contributed by atoms with Crippen molar-refractivity contribution >= 4 is 11.9 Å². The van der Waals surface area contributed by atoms with Crippen LogP contribution in [-0.2, 0) is 35.0 Å². The number of benzene rings is 6. The van der Waals surface area contributed by atoms with Crippen LogP contribution in [0.3, 0.4) is 0 Å². The minimum absolute atomic E-state index is 0.144. The summed E-state index contributed by atoms with van der Waals surface area (Å²) < 4.78 is 36.9. The van der Waals surface area contributed by atoms with Gasteiger partial charge in [-0.25, -0.2) is 9.59 Å². The van der Waals surface area contributed by atoms with E-state index in [1.54, 1.807) is 0 Å². The number of hydrogen-bond donors (Lipinski definition) is 4. The Morgan fingerprint density at radius 1 is 0.354 bits per heavy atom. The molecule has 0 radical (unpaired) electrons. The molecule has 0 amide bonds. The van der Waals surface area contributed by atoms with Crippen molar-refractivity contribution in [3.8, 4) is 34.5 Å². The number of phenolic OH excluding ortho intramolecular Hbond substituents is 4. The van der Waals surface area contributed by atoms with Crippen LogP contribution in [0.15, 0.2) is 84.9 Å². The summed E-state index contributed by atoms with van der Waals surface area (Å²) >= 11 is 0. The quantitative estimate of drug-likeness (QED) is 0.0176. The molecule has 0 saturated heterocycles. The zero-order chi connectivity index (χ0) is 68.8. The zero-order valence-corrected chi connectivity index (χ0v) is 59.9. The van der Waals surface area contributed by atoms with E-state index in [-0.39, 0.29) is 50.5 Å². The fraction of sp³-hybridized carbons (Fsp3) is 0.563. The first-order valence-electron chi connectivity index (χ1n) is 38.5. The number of aromatic hydroxyl groups is 4. The topological polar surface area (TPSA) is 170 Å². The minimum Gasteiger partial charge on any atom is -0.508 e. The third-order valence-electron chi connectivity index (χ3n) is 23.7. The van der Waals surface area contributed by atoms with Crippen molar-refractivity contribution < 1.29 is 58.4 Å². The summed E-state index contributed by atoms with van der Waals surface area (Å²) in [6.07, 6.45) is 33.7. The van der Waals surface area contributed by atoms with E-state index in [1.165, 1.54) is 64.2 Å². The summed E-state index contributed by atoms with van der Waals surface area (Å²) in [5.74, 6) is 2.00. The van der Waals surface area contributed by atoms with Gasteiger partial charge in [-0.15, -0.1) is 0 Å². The van der Waals surface area contributed by atoms with Crippen molar-refractivity contribution in [2.45, 2.75) is 262 Å². The summed E-state index contributed by atoms with van der Waals surface area (Å²) in [5.41, 5.74) is 15.2. The maximum atomic E-state index is 13.9. The summed E-state index contributed by atoms with van der Waals surface area (Å²) in [5, 5.41) is 47.8. The molecule has 0 unspecified atom stereocenters. The molecule has 12 rings (SSSR count). The number of ether oxygens (including phenoxy) is 6. The number of hydrogen-bond acceptors (Lipinski definition) is 12. The molecule has 6 aromatic rings. The van der Waals surface area contributed by atoms with Gasteiger partial charge in [0.25, 0.3) is 0 Å². The normalized spacial score (nSPS) is 18.2. The van der Waals surface area contributed by atoms with Crippen LogP contribution in [0.25, 0.3) is 0 Å². The van der Waals surface area contributed by atoms with E-state index in [0.717, 1.165) is 217 Å². The van der Waals surface area contributed by atoms with Gasteiger partial charge in [0, 0.05) is 23.0 Å². The van der Waals surface area contributed by atoms with Gasteiger partial charge in [-0.1, -0.05) is 164 Å². The fourth-order valence-electron chi connectivity index (χ4n) is 18.2. The first-order chi connectivity index (χ1) is 48.2. The van der Waals surface area contributed by atoms with E-state index < -0.39 is 23.8 Å². The molecular formula is C87H112O12. The monoisotopic (exact) mass is 1350 g/mol. The van der Waals surface area contributed by atoms with Crippen LogP contribution >= 0.6 is 0 Å². The molecule has 6 aromatic carbocycles. The average Bonchev–Trinajstić information content (AvgIpc) is 0.763. The summed E-state index contributed by atoms with van der Waals surface area (Å²) in [7, 11) is 0. The molecule has 6 fully saturated rings. The van der Waals surface area contributed by atoms with E-state index >= 15 is 0 Å². The number of carbonyl (C=O) groups is 2. The Morgan fingerprint density at radius 2 is 0.626 bits per heavy atom. The summed E-state index contributed by atoms with van der Waals surface area (Å²) in [4.78, 5) is 27.7. The smallest absolute Gasteiger partial charge is 0.346 e.